The maximum absolute atomic E-state index is 5.11. The van der Waals surface area contributed by atoms with Gasteiger partial charge in [0.15, 0.2) is 0 Å². The van der Waals surface area contributed by atoms with Crippen LogP contribution in [0.3, 0.4) is 0 Å². The number of rotatable bonds is 7. The van der Waals surface area contributed by atoms with Crippen LogP contribution in [0.4, 0.5) is 0 Å². The summed E-state index contributed by atoms with van der Waals surface area (Å²) < 4.78 is 0. The minimum Gasteiger partial charge on any atom is -0.366 e. The molecule has 0 bridgehead atoms. The quantitative estimate of drug-likeness (QED) is 0.136. The Hall–Kier alpha value is -6.27. The van der Waals surface area contributed by atoms with Gasteiger partial charge >= 0.3 is 0 Å². The van der Waals surface area contributed by atoms with Crippen molar-refractivity contribution in [2.24, 2.45) is 4.99 Å². The van der Waals surface area contributed by atoms with Crippen LogP contribution >= 0.6 is 0 Å². The Labute approximate surface area is 304 Å². The molecule has 2 heterocycles. The van der Waals surface area contributed by atoms with Crippen molar-refractivity contribution in [2.45, 2.75) is 24.5 Å². The lowest BCUT2D eigenvalue weighted by atomic mass is 9.93. The first-order valence-corrected chi connectivity index (χ1v) is 17.9. The van der Waals surface area contributed by atoms with Gasteiger partial charge in [0.1, 0.15) is 24.3 Å². The molecular formula is C47H39N5. The van der Waals surface area contributed by atoms with Crippen LogP contribution in [0.2, 0.25) is 0 Å². The summed E-state index contributed by atoms with van der Waals surface area (Å²) in [5, 5.41) is 17.7. The van der Waals surface area contributed by atoms with Crippen LogP contribution in [-0.4, -0.2) is 5.84 Å². The van der Waals surface area contributed by atoms with E-state index < -0.39 is 0 Å². The van der Waals surface area contributed by atoms with E-state index in [2.05, 4.69) is 197 Å². The number of amidine groups is 1. The summed E-state index contributed by atoms with van der Waals surface area (Å²) in [6.07, 6.45) is 1.90. The Morgan fingerprint density at radius 2 is 1.06 bits per heavy atom. The Morgan fingerprint density at radius 1 is 0.423 bits per heavy atom. The Bertz CT molecular complexity index is 2370. The molecule has 4 N–H and O–H groups in total. The second kappa shape index (κ2) is 14.2. The van der Waals surface area contributed by atoms with Crippen LogP contribution in [0.25, 0.3) is 27.6 Å². The first-order valence-electron chi connectivity index (χ1n) is 17.9. The van der Waals surface area contributed by atoms with E-state index in [0.29, 0.717) is 0 Å². The topological polar surface area (TPSA) is 60.5 Å². The highest BCUT2D eigenvalue weighted by molar-refractivity contribution is 5.99. The summed E-state index contributed by atoms with van der Waals surface area (Å²) in [4.78, 5) is 5.11. The fourth-order valence-corrected chi connectivity index (χ4v) is 7.35. The molecule has 0 amide bonds. The zero-order valence-electron chi connectivity index (χ0n) is 28.7. The molecule has 5 heteroatoms. The smallest absolute Gasteiger partial charge is 0.131 e. The minimum absolute atomic E-state index is 0.00942. The average Bonchev–Trinajstić information content (AvgIpc) is 3.24. The van der Waals surface area contributed by atoms with Crippen molar-refractivity contribution in [1.29, 1.82) is 0 Å². The van der Waals surface area contributed by atoms with Crippen molar-refractivity contribution in [3.63, 3.8) is 0 Å². The monoisotopic (exact) mass is 673 g/mol. The summed E-state index contributed by atoms with van der Waals surface area (Å²) in [5.74, 6) is 0.877. The van der Waals surface area contributed by atoms with E-state index in [1.165, 1.54) is 38.6 Å². The predicted octanol–water partition coefficient (Wildman–Crippen LogP) is 9.82. The Kier molecular flexibility index (Phi) is 8.63. The SMILES string of the molecule is C1=C(c2ccccc2)NC(c2ccc3ccccc3c2)NC1c1ccc(-c2ccccc2C2NC(c3ccccc3)=NC(c3ccccc3)N2)cc1. The highest BCUT2D eigenvalue weighted by Crippen LogP contribution is 2.35. The number of nitrogens with zero attached hydrogens (tertiary/aromatic N) is 1. The lowest BCUT2D eigenvalue weighted by Crippen LogP contribution is -2.45. The molecule has 7 aromatic rings. The lowest BCUT2D eigenvalue weighted by Gasteiger charge is -2.34. The van der Waals surface area contributed by atoms with Crippen LogP contribution < -0.4 is 21.3 Å². The fourth-order valence-electron chi connectivity index (χ4n) is 7.35. The molecule has 0 saturated carbocycles. The molecular weight excluding hydrogens is 635 g/mol. The van der Waals surface area contributed by atoms with Gasteiger partial charge in [-0.05, 0) is 61.9 Å². The molecule has 0 aliphatic carbocycles. The zero-order chi connectivity index (χ0) is 34.7. The molecule has 0 saturated heterocycles. The highest BCUT2D eigenvalue weighted by Gasteiger charge is 2.28. The van der Waals surface area contributed by atoms with Gasteiger partial charge < -0.3 is 10.6 Å². The van der Waals surface area contributed by atoms with Gasteiger partial charge in [-0.25, -0.2) is 4.99 Å². The second-order valence-corrected chi connectivity index (χ2v) is 13.4. The van der Waals surface area contributed by atoms with Crippen LogP contribution in [0, 0.1) is 0 Å². The maximum atomic E-state index is 5.11. The summed E-state index contributed by atoms with van der Waals surface area (Å²) in [7, 11) is 0. The third kappa shape index (κ3) is 6.51. The van der Waals surface area contributed by atoms with Gasteiger partial charge in [-0.3, -0.25) is 10.6 Å². The van der Waals surface area contributed by atoms with Gasteiger partial charge in [-0.15, -0.1) is 0 Å². The lowest BCUT2D eigenvalue weighted by molar-refractivity contribution is 0.409. The second-order valence-electron chi connectivity index (χ2n) is 13.4. The normalized spacial score (nSPS) is 19.9. The third-order valence-electron chi connectivity index (χ3n) is 10.0. The fraction of sp³-hybridized carbons (Fsp3) is 0.0851. The van der Waals surface area contributed by atoms with Crippen molar-refractivity contribution in [3.05, 3.63) is 221 Å². The molecule has 2 aliphatic heterocycles. The third-order valence-corrected chi connectivity index (χ3v) is 10.0. The van der Waals surface area contributed by atoms with Crippen LogP contribution in [-0.2, 0) is 0 Å². The minimum atomic E-state index is -0.190. The first kappa shape index (κ1) is 31.7. The van der Waals surface area contributed by atoms with E-state index in [0.717, 1.165) is 28.2 Å². The summed E-state index contributed by atoms with van der Waals surface area (Å²) >= 11 is 0. The van der Waals surface area contributed by atoms with Crippen molar-refractivity contribution >= 4 is 22.3 Å². The van der Waals surface area contributed by atoms with Gasteiger partial charge in [0.2, 0.25) is 0 Å². The number of hydrogen-bond donors (Lipinski definition) is 4. The zero-order valence-corrected chi connectivity index (χ0v) is 28.7. The van der Waals surface area contributed by atoms with Crippen molar-refractivity contribution in [2.75, 3.05) is 0 Å². The van der Waals surface area contributed by atoms with E-state index in [4.69, 9.17) is 4.99 Å². The number of benzene rings is 7. The van der Waals surface area contributed by atoms with Crippen LogP contribution in [0.1, 0.15) is 57.9 Å². The standard InChI is InChI=1S/C47H39N5/c1-4-15-34(16-5-1)42-31-43(49-46(48-42)39-29-24-32-14-10-11-21-38(32)30-39)35-27-25-33(26-28-35)40-22-12-13-23-41(40)47-51-44(36-17-6-2-7-18-36)50-45(52-47)37-19-8-3-9-20-37/h1-31,43-44,46-49,51H,(H,50,52). The maximum Gasteiger partial charge on any atom is 0.131 e. The van der Waals surface area contributed by atoms with E-state index in [1.54, 1.807) is 0 Å². The predicted molar refractivity (Wildman–Crippen MR) is 213 cm³/mol. The van der Waals surface area contributed by atoms with Crippen LogP contribution in [0.5, 0.6) is 0 Å². The molecule has 4 atom stereocenters. The molecule has 0 spiro atoms. The number of hydrogen-bond acceptors (Lipinski definition) is 5. The molecule has 4 unspecified atom stereocenters. The Morgan fingerprint density at radius 3 is 1.83 bits per heavy atom. The molecule has 7 aromatic carbocycles. The van der Waals surface area contributed by atoms with Gasteiger partial charge in [-0.1, -0.05) is 176 Å². The summed E-state index contributed by atoms with van der Waals surface area (Å²) in [6.45, 7) is 0. The van der Waals surface area contributed by atoms with Crippen LogP contribution in [0.15, 0.2) is 193 Å². The largest absolute Gasteiger partial charge is 0.366 e. The first-order chi connectivity index (χ1) is 25.7. The summed E-state index contributed by atoms with van der Waals surface area (Å²) in [6, 6.07) is 64.4. The van der Waals surface area contributed by atoms with E-state index >= 15 is 0 Å². The molecule has 52 heavy (non-hydrogen) atoms. The molecule has 5 nitrogen and oxygen atoms in total. The van der Waals surface area contributed by atoms with Crippen molar-refractivity contribution in [3.8, 4) is 11.1 Å². The van der Waals surface area contributed by atoms with Gasteiger partial charge in [0, 0.05) is 11.3 Å². The number of fused-ring (bicyclic) bond motifs is 1. The number of aliphatic imine (C=N–C) groups is 1. The molecule has 252 valence electrons. The highest BCUT2D eigenvalue weighted by atomic mass is 15.3. The molecule has 0 aromatic heterocycles. The van der Waals surface area contributed by atoms with Gasteiger partial charge in [0.05, 0.1) is 6.04 Å². The molecule has 9 rings (SSSR count). The van der Waals surface area contributed by atoms with Gasteiger partial charge in [-0.2, -0.15) is 0 Å². The van der Waals surface area contributed by atoms with Gasteiger partial charge in [0.25, 0.3) is 0 Å². The Balaban J connectivity index is 1.03. The summed E-state index contributed by atoms with van der Waals surface area (Å²) in [5.41, 5.74) is 10.4. The molecule has 0 radical (unpaired) electrons. The average molecular weight is 674 g/mol. The van der Waals surface area contributed by atoms with E-state index in [-0.39, 0.29) is 24.5 Å². The molecule has 0 fully saturated rings. The van der Waals surface area contributed by atoms with Crippen molar-refractivity contribution < 1.29 is 0 Å². The number of nitrogens with one attached hydrogen (secondary N) is 4. The van der Waals surface area contributed by atoms with Crippen molar-refractivity contribution in [1.82, 2.24) is 21.3 Å². The van der Waals surface area contributed by atoms with E-state index in [1.807, 2.05) is 12.1 Å². The van der Waals surface area contributed by atoms with E-state index in [9.17, 15) is 0 Å². The molecule has 2 aliphatic rings.